The number of hydrogen-bond acceptors (Lipinski definition) is 4. The number of nitrogens with zero attached hydrogens (tertiary/aromatic N) is 2. The summed E-state index contributed by atoms with van der Waals surface area (Å²) in [6, 6.07) is 14.8. The Bertz CT molecular complexity index is 1220. The molecule has 6 rings (SSSR count). The van der Waals surface area contributed by atoms with E-state index in [0.717, 1.165) is 66.4 Å². The average molecular weight is 473 g/mol. The molecule has 3 aliphatic rings. The summed E-state index contributed by atoms with van der Waals surface area (Å²) in [6.45, 7) is 5.23. The molecule has 1 saturated heterocycles. The Morgan fingerprint density at radius 3 is 2.49 bits per heavy atom. The molecule has 1 aliphatic heterocycles. The number of ether oxygens (including phenoxy) is 1. The molecular formula is C29H36N4O2. The van der Waals surface area contributed by atoms with Crippen molar-refractivity contribution in [1.29, 1.82) is 0 Å². The summed E-state index contributed by atoms with van der Waals surface area (Å²) >= 11 is 0. The number of carbonyl (C=O) groups is 1. The van der Waals surface area contributed by atoms with Crippen molar-refractivity contribution in [3.05, 3.63) is 42.5 Å². The van der Waals surface area contributed by atoms with Crippen molar-refractivity contribution in [2.75, 3.05) is 29.0 Å². The van der Waals surface area contributed by atoms with Gasteiger partial charge in [0.05, 0.1) is 16.9 Å². The molecule has 3 aromatic rings. The van der Waals surface area contributed by atoms with Crippen LogP contribution >= 0.6 is 0 Å². The van der Waals surface area contributed by atoms with Crippen molar-refractivity contribution >= 4 is 34.1 Å². The van der Waals surface area contributed by atoms with E-state index in [9.17, 15) is 4.79 Å². The van der Waals surface area contributed by atoms with E-state index in [1.54, 1.807) is 0 Å². The lowest BCUT2D eigenvalue weighted by atomic mass is 10.1. The molecule has 6 nitrogen and oxygen atoms in total. The molecule has 2 aromatic carbocycles. The minimum absolute atomic E-state index is 0.0259. The summed E-state index contributed by atoms with van der Waals surface area (Å²) in [4.78, 5) is 14.8. The topological polar surface area (TPSA) is 72.5 Å². The van der Waals surface area contributed by atoms with Crippen LogP contribution in [0, 0.1) is 11.8 Å². The van der Waals surface area contributed by atoms with Crippen LogP contribution in [0.15, 0.2) is 42.5 Å². The van der Waals surface area contributed by atoms with E-state index >= 15 is 0 Å². The van der Waals surface area contributed by atoms with Crippen LogP contribution in [-0.4, -0.2) is 29.9 Å². The Hall–Kier alpha value is -3.15. The number of piperidine rings is 1. The number of nitrogen functional groups attached to an aromatic ring is 1. The van der Waals surface area contributed by atoms with Gasteiger partial charge < -0.3 is 19.9 Å². The van der Waals surface area contributed by atoms with Crippen molar-refractivity contribution in [2.45, 2.75) is 64.5 Å². The standard InChI is InChI=1S/C29H36N4O2/c1-19(21-7-8-21)35-29(34)31-23-11-9-22(10-12-23)28-27(30)25-14-13-24(32-15-3-2-4-16-32)17-26(25)33(28)18-20-5-6-20/h9-14,17,19-21H,2-8,15-16,18,30H2,1H3,(H,31,34)/t19-/m1/s1. The van der Waals surface area contributed by atoms with Gasteiger partial charge in [-0.05, 0) is 94.0 Å². The van der Waals surface area contributed by atoms with E-state index < -0.39 is 0 Å². The highest BCUT2D eigenvalue weighted by atomic mass is 16.6. The Morgan fingerprint density at radius 1 is 1.06 bits per heavy atom. The van der Waals surface area contributed by atoms with Gasteiger partial charge in [0.15, 0.2) is 0 Å². The molecule has 184 valence electrons. The third-order valence-electron chi connectivity index (χ3n) is 7.93. The highest BCUT2D eigenvalue weighted by Gasteiger charge is 2.31. The van der Waals surface area contributed by atoms with Crippen molar-refractivity contribution < 1.29 is 9.53 Å². The van der Waals surface area contributed by atoms with Gasteiger partial charge >= 0.3 is 6.09 Å². The van der Waals surface area contributed by atoms with Gasteiger partial charge in [-0.25, -0.2) is 4.79 Å². The van der Waals surface area contributed by atoms with Crippen LogP contribution < -0.4 is 16.0 Å². The molecule has 3 fully saturated rings. The fraction of sp³-hybridized carbons (Fsp3) is 0.483. The number of nitrogens with two attached hydrogens (primary N) is 1. The Morgan fingerprint density at radius 2 is 1.80 bits per heavy atom. The van der Waals surface area contributed by atoms with Gasteiger partial charge in [-0.3, -0.25) is 5.32 Å². The first-order valence-electron chi connectivity index (χ1n) is 13.3. The fourth-order valence-electron chi connectivity index (χ4n) is 5.46. The monoisotopic (exact) mass is 472 g/mol. The molecule has 1 aromatic heterocycles. The second kappa shape index (κ2) is 9.14. The van der Waals surface area contributed by atoms with Gasteiger partial charge in [0, 0.05) is 42.0 Å². The summed E-state index contributed by atoms with van der Waals surface area (Å²) in [7, 11) is 0. The van der Waals surface area contributed by atoms with Gasteiger partial charge in [0.25, 0.3) is 0 Å². The molecule has 0 spiro atoms. The Labute approximate surface area is 207 Å². The molecule has 0 unspecified atom stereocenters. The highest BCUT2D eigenvalue weighted by Crippen LogP contribution is 2.41. The third-order valence-corrected chi connectivity index (χ3v) is 7.93. The summed E-state index contributed by atoms with van der Waals surface area (Å²) in [5.74, 6) is 1.25. The lowest BCUT2D eigenvalue weighted by Gasteiger charge is -2.29. The lowest BCUT2D eigenvalue weighted by molar-refractivity contribution is 0.108. The molecule has 0 bridgehead atoms. The summed E-state index contributed by atoms with van der Waals surface area (Å²) in [5, 5.41) is 4.00. The largest absolute Gasteiger partial charge is 0.446 e. The van der Waals surface area contributed by atoms with Crippen LogP contribution in [0.3, 0.4) is 0 Å². The molecular weight excluding hydrogens is 436 g/mol. The van der Waals surface area contributed by atoms with Gasteiger partial charge in [-0.1, -0.05) is 12.1 Å². The van der Waals surface area contributed by atoms with Crippen LogP contribution in [0.25, 0.3) is 22.2 Å². The average Bonchev–Trinajstić information content (AvgIpc) is 3.79. The molecule has 35 heavy (non-hydrogen) atoms. The minimum Gasteiger partial charge on any atom is -0.446 e. The SMILES string of the molecule is C[C@@H](OC(=O)Nc1ccc(-c2c(N)c3ccc(N4CCCCC4)cc3n2CC2CC2)cc1)C1CC1. The lowest BCUT2D eigenvalue weighted by Crippen LogP contribution is -2.29. The molecule has 3 N–H and O–H groups in total. The number of rotatable bonds is 7. The number of hydrogen-bond donors (Lipinski definition) is 2. The maximum atomic E-state index is 12.3. The van der Waals surface area contributed by atoms with Crippen molar-refractivity contribution in [3.8, 4) is 11.3 Å². The van der Waals surface area contributed by atoms with Crippen LogP contribution in [0.2, 0.25) is 0 Å². The number of anilines is 3. The fourth-order valence-corrected chi connectivity index (χ4v) is 5.46. The molecule has 1 amide bonds. The van der Waals surface area contributed by atoms with Gasteiger partial charge in [0.1, 0.15) is 6.10 Å². The van der Waals surface area contributed by atoms with Gasteiger partial charge in [0.2, 0.25) is 0 Å². The van der Waals surface area contributed by atoms with E-state index in [1.807, 2.05) is 19.1 Å². The number of amides is 1. The number of fused-ring (bicyclic) bond motifs is 1. The van der Waals surface area contributed by atoms with Crippen LogP contribution in [-0.2, 0) is 11.3 Å². The molecule has 2 heterocycles. The number of carbonyl (C=O) groups excluding carboxylic acids is 1. The molecule has 0 radical (unpaired) electrons. The summed E-state index contributed by atoms with van der Waals surface area (Å²) < 4.78 is 7.94. The van der Waals surface area contributed by atoms with Gasteiger partial charge in [-0.2, -0.15) is 0 Å². The quantitative estimate of drug-likeness (QED) is 0.404. The van der Waals surface area contributed by atoms with Crippen molar-refractivity contribution in [2.24, 2.45) is 11.8 Å². The summed E-state index contributed by atoms with van der Waals surface area (Å²) in [5.41, 5.74) is 13.0. The maximum absolute atomic E-state index is 12.3. The second-order valence-electron chi connectivity index (χ2n) is 10.7. The summed E-state index contributed by atoms with van der Waals surface area (Å²) in [6.07, 6.45) is 8.33. The zero-order valence-electron chi connectivity index (χ0n) is 20.6. The van der Waals surface area contributed by atoms with Crippen molar-refractivity contribution in [3.63, 3.8) is 0 Å². The predicted molar refractivity (Wildman–Crippen MR) is 143 cm³/mol. The number of benzene rings is 2. The van der Waals surface area contributed by atoms with E-state index in [1.165, 1.54) is 43.3 Å². The third kappa shape index (κ3) is 4.71. The first-order chi connectivity index (χ1) is 17.1. The van der Waals surface area contributed by atoms with Gasteiger partial charge in [-0.15, -0.1) is 0 Å². The smallest absolute Gasteiger partial charge is 0.411 e. The van der Waals surface area contributed by atoms with Crippen molar-refractivity contribution in [1.82, 2.24) is 4.57 Å². The Kier molecular flexibility index (Phi) is 5.83. The predicted octanol–water partition coefficient (Wildman–Crippen LogP) is 6.64. The van der Waals surface area contributed by atoms with Crippen LogP contribution in [0.5, 0.6) is 0 Å². The zero-order chi connectivity index (χ0) is 23.9. The highest BCUT2D eigenvalue weighted by molar-refractivity contribution is 6.02. The van der Waals surface area contributed by atoms with Crippen LogP contribution in [0.4, 0.5) is 21.9 Å². The second-order valence-corrected chi connectivity index (χ2v) is 10.7. The van der Waals surface area contributed by atoms with Crippen LogP contribution in [0.1, 0.15) is 51.9 Å². The molecule has 6 heteroatoms. The Balaban J connectivity index is 1.29. The van der Waals surface area contributed by atoms with E-state index in [0.29, 0.717) is 5.92 Å². The first kappa shape index (κ1) is 22.3. The molecule has 2 saturated carbocycles. The molecule has 1 atom stereocenters. The normalized spacial score (nSPS) is 19.1. The minimum atomic E-state index is -0.384. The maximum Gasteiger partial charge on any atom is 0.411 e. The number of nitrogens with one attached hydrogen (secondary N) is 1. The first-order valence-corrected chi connectivity index (χ1v) is 13.3. The zero-order valence-corrected chi connectivity index (χ0v) is 20.6. The van der Waals surface area contributed by atoms with E-state index in [-0.39, 0.29) is 12.2 Å². The van der Waals surface area contributed by atoms with E-state index in [4.69, 9.17) is 10.5 Å². The number of aromatic nitrogens is 1. The molecule has 2 aliphatic carbocycles. The van der Waals surface area contributed by atoms with E-state index in [2.05, 4.69) is 45.1 Å².